The Balaban J connectivity index is 1.95. The molecule has 4 nitrogen and oxygen atoms in total. The van der Waals surface area contributed by atoms with Crippen molar-refractivity contribution >= 4 is 29.3 Å². The van der Waals surface area contributed by atoms with Gasteiger partial charge in [0.05, 0.1) is 0 Å². The number of hydrogen-bond donors (Lipinski definition) is 1. The third kappa shape index (κ3) is 2.30. The number of rotatable bonds is 3. The first kappa shape index (κ1) is 13.5. The largest absolute Gasteiger partial charge is 0.342 e. The molecule has 3 rings (SSSR count). The van der Waals surface area contributed by atoms with Gasteiger partial charge in [-0.05, 0) is 50.1 Å². The molecular formula is C15H18N2O2S. The number of piperazine rings is 1. The highest BCUT2D eigenvalue weighted by atomic mass is 32.2. The zero-order chi connectivity index (χ0) is 14.3. The van der Waals surface area contributed by atoms with Gasteiger partial charge in [-0.15, -0.1) is 11.8 Å². The van der Waals surface area contributed by atoms with Crippen LogP contribution in [0.2, 0.25) is 0 Å². The molecule has 0 spiro atoms. The van der Waals surface area contributed by atoms with E-state index < -0.39 is 6.04 Å². The van der Waals surface area contributed by atoms with Crippen LogP contribution in [-0.2, 0) is 9.59 Å². The van der Waals surface area contributed by atoms with Crippen LogP contribution >= 0.6 is 11.8 Å². The molecule has 1 aliphatic heterocycles. The van der Waals surface area contributed by atoms with Crippen molar-refractivity contribution < 1.29 is 9.59 Å². The maximum atomic E-state index is 12.7. The Labute approximate surface area is 122 Å². The quantitative estimate of drug-likeness (QED) is 0.867. The van der Waals surface area contributed by atoms with Crippen LogP contribution in [0.1, 0.15) is 19.8 Å². The number of benzene rings is 1. The van der Waals surface area contributed by atoms with Crippen molar-refractivity contribution in [2.45, 2.75) is 36.7 Å². The second-order valence-corrected chi connectivity index (χ2v) is 6.29. The molecule has 106 valence electrons. The van der Waals surface area contributed by atoms with Gasteiger partial charge in [0.2, 0.25) is 5.91 Å². The van der Waals surface area contributed by atoms with Crippen molar-refractivity contribution in [3.63, 3.8) is 0 Å². The Bertz CT molecular complexity index is 557. The molecule has 2 unspecified atom stereocenters. The minimum atomic E-state index is -0.449. The molecule has 2 amide bonds. The normalized spacial score (nSPS) is 26.6. The van der Waals surface area contributed by atoms with Gasteiger partial charge in [-0.2, -0.15) is 0 Å². The van der Waals surface area contributed by atoms with Crippen molar-refractivity contribution in [2.24, 2.45) is 5.92 Å². The summed E-state index contributed by atoms with van der Waals surface area (Å²) in [4.78, 5) is 27.5. The standard InChI is InChI=1S/C15H18N2O2S/c1-9-14(18)16-13(10-6-7-10)15(19)17(9)11-4-3-5-12(8-11)20-2/h3-5,8-10,13H,6-7H2,1-2H3,(H,16,18). The van der Waals surface area contributed by atoms with Crippen LogP contribution in [0.15, 0.2) is 29.2 Å². The van der Waals surface area contributed by atoms with Gasteiger partial charge < -0.3 is 5.32 Å². The minimum absolute atomic E-state index is 0.0258. The Morgan fingerprint density at radius 1 is 1.30 bits per heavy atom. The summed E-state index contributed by atoms with van der Waals surface area (Å²) in [6, 6.07) is 7.02. The predicted octanol–water partition coefficient (Wildman–Crippen LogP) is 2.04. The highest BCUT2D eigenvalue weighted by Gasteiger charge is 2.45. The predicted molar refractivity (Wildman–Crippen MR) is 79.8 cm³/mol. The molecule has 5 heteroatoms. The topological polar surface area (TPSA) is 49.4 Å². The van der Waals surface area contributed by atoms with E-state index >= 15 is 0 Å². The molecule has 2 aliphatic rings. The monoisotopic (exact) mass is 290 g/mol. The Hall–Kier alpha value is -1.49. The molecule has 1 saturated carbocycles. The van der Waals surface area contributed by atoms with Gasteiger partial charge in [-0.25, -0.2) is 0 Å². The number of thioether (sulfide) groups is 1. The second kappa shape index (κ2) is 5.13. The fraction of sp³-hybridized carbons (Fsp3) is 0.467. The Kier molecular flexibility index (Phi) is 3.46. The summed E-state index contributed by atoms with van der Waals surface area (Å²) in [6.07, 6.45) is 4.06. The average Bonchev–Trinajstić information content (AvgIpc) is 3.28. The summed E-state index contributed by atoms with van der Waals surface area (Å²) in [5, 5.41) is 2.87. The molecule has 0 bridgehead atoms. The molecule has 1 N–H and O–H groups in total. The van der Waals surface area contributed by atoms with E-state index in [2.05, 4.69) is 5.32 Å². The first-order valence-corrected chi connectivity index (χ1v) is 8.12. The minimum Gasteiger partial charge on any atom is -0.342 e. The molecule has 1 saturated heterocycles. The number of anilines is 1. The first-order chi connectivity index (χ1) is 9.61. The van der Waals surface area contributed by atoms with Gasteiger partial charge in [0.25, 0.3) is 5.91 Å². The van der Waals surface area contributed by atoms with Gasteiger partial charge >= 0.3 is 0 Å². The summed E-state index contributed by atoms with van der Waals surface area (Å²) >= 11 is 1.63. The van der Waals surface area contributed by atoms with Crippen LogP contribution in [-0.4, -0.2) is 30.2 Å². The van der Waals surface area contributed by atoms with E-state index in [0.29, 0.717) is 5.92 Å². The van der Waals surface area contributed by atoms with Crippen molar-refractivity contribution in [2.75, 3.05) is 11.2 Å². The summed E-state index contributed by atoms with van der Waals surface area (Å²) in [5.74, 6) is 0.291. The third-order valence-electron chi connectivity index (χ3n) is 3.99. The molecule has 1 heterocycles. The van der Waals surface area contributed by atoms with Crippen molar-refractivity contribution in [3.8, 4) is 0 Å². The fourth-order valence-corrected chi connectivity index (χ4v) is 3.11. The highest BCUT2D eigenvalue weighted by Crippen LogP contribution is 2.36. The third-order valence-corrected chi connectivity index (χ3v) is 4.72. The summed E-state index contributed by atoms with van der Waals surface area (Å²) in [5.41, 5.74) is 0.815. The van der Waals surface area contributed by atoms with Crippen LogP contribution in [0.4, 0.5) is 5.69 Å². The molecule has 1 aromatic carbocycles. The van der Waals surface area contributed by atoms with Crippen molar-refractivity contribution in [1.82, 2.24) is 5.32 Å². The van der Waals surface area contributed by atoms with Gasteiger partial charge in [0.15, 0.2) is 0 Å². The maximum absolute atomic E-state index is 12.7. The van der Waals surface area contributed by atoms with Crippen LogP contribution in [0, 0.1) is 5.92 Å². The average molecular weight is 290 g/mol. The lowest BCUT2D eigenvalue weighted by Crippen LogP contribution is -2.63. The lowest BCUT2D eigenvalue weighted by molar-refractivity contribution is -0.134. The maximum Gasteiger partial charge on any atom is 0.250 e. The van der Waals surface area contributed by atoms with Gasteiger partial charge in [0.1, 0.15) is 12.1 Å². The van der Waals surface area contributed by atoms with E-state index in [9.17, 15) is 9.59 Å². The molecule has 1 aliphatic carbocycles. The lowest BCUT2D eigenvalue weighted by atomic mass is 10.0. The van der Waals surface area contributed by atoms with Crippen LogP contribution in [0.3, 0.4) is 0 Å². The molecule has 20 heavy (non-hydrogen) atoms. The molecule has 0 radical (unpaired) electrons. The number of amides is 2. The SMILES string of the molecule is CSc1cccc(N2C(=O)C(C3CC3)NC(=O)C2C)c1. The van der Waals surface area contributed by atoms with E-state index in [1.807, 2.05) is 30.5 Å². The van der Waals surface area contributed by atoms with Gasteiger partial charge in [0, 0.05) is 10.6 Å². The zero-order valence-electron chi connectivity index (χ0n) is 11.6. The second-order valence-electron chi connectivity index (χ2n) is 5.41. The fourth-order valence-electron chi connectivity index (χ4n) is 2.65. The van der Waals surface area contributed by atoms with Crippen LogP contribution in [0.5, 0.6) is 0 Å². The van der Waals surface area contributed by atoms with E-state index in [4.69, 9.17) is 0 Å². The number of carbonyl (C=O) groups excluding carboxylic acids is 2. The van der Waals surface area contributed by atoms with Gasteiger partial charge in [-0.3, -0.25) is 14.5 Å². The van der Waals surface area contributed by atoms with E-state index in [1.54, 1.807) is 23.6 Å². The van der Waals surface area contributed by atoms with E-state index in [-0.39, 0.29) is 17.9 Å². The molecular weight excluding hydrogens is 272 g/mol. The van der Waals surface area contributed by atoms with Crippen molar-refractivity contribution in [1.29, 1.82) is 0 Å². The summed E-state index contributed by atoms with van der Waals surface area (Å²) in [6.45, 7) is 1.78. The number of hydrogen-bond acceptors (Lipinski definition) is 3. The van der Waals surface area contributed by atoms with Crippen molar-refractivity contribution in [3.05, 3.63) is 24.3 Å². The number of nitrogens with zero attached hydrogens (tertiary/aromatic N) is 1. The highest BCUT2D eigenvalue weighted by molar-refractivity contribution is 7.98. The van der Waals surface area contributed by atoms with E-state index in [0.717, 1.165) is 23.4 Å². The van der Waals surface area contributed by atoms with Crippen LogP contribution < -0.4 is 10.2 Å². The molecule has 2 atom stereocenters. The molecule has 2 fully saturated rings. The molecule has 1 aromatic rings. The lowest BCUT2D eigenvalue weighted by Gasteiger charge is -2.37. The zero-order valence-corrected chi connectivity index (χ0v) is 12.4. The van der Waals surface area contributed by atoms with Gasteiger partial charge in [-0.1, -0.05) is 6.07 Å². The van der Waals surface area contributed by atoms with Crippen LogP contribution in [0.25, 0.3) is 0 Å². The number of nitrogens with one attached hydrogen (secondary N) is 1. The smallest absolute Gasteiger partial charge is 0.250 e. The molecule has 0 aromatic heterocycles. The Morgan fingerprint density at radius 2 is 2.05 bits per heavy atom. The summed E-state index contributed by atoms with van der Waals surface area (Å²) in [7, 11) is 0. The first-order valence-electron chi connectivity index (χ1n) is 6.89. The number of carbonyl (C=O) groups is 2. The van der Waals surface area contributed by atoms with E-state index in [1.165, 1.54) is 0 Å². The summed E-state index contributed by atoms with van der Waals surface area (Å²) < 4.78 is 0. The Morgan fingerprint density at radius 3 is 2.70 bits per heavy atom.